The molecule has 4 unspecified atom stereocenters. The SMILES string of the molecule is CC(NC(=O)C1CC2CCCCC2N1)c1ncon1.Cl. The summed E-state index contributed by atoms with van der Waals surface area (Å²) in [6, 6.07) is 0.253. The Balaban J connectivity index is 0.00000147. The minimum atomic E-state index is -0.212. The molecule has 1 saturated carbocycles. The summed E-state index contributed by atoms with van der Waals surface area (Å²) >= 11 is 0. The number of fused-ring (bicyclic) bond motifs is 1. The van der Waals surface area contributed by atoms with Crippen LogP contribution in [0.5, 0.6) is 0 Å². The van der Waals surface area contributed by atoms with E-state index in [1.807, 2.05) is 6.92 Å². The average Bonchev–Trinajstić information content (AvgIpc) is 3.07. The van der Waals surface area contributed by atoms with Crippen LogP contribution in [0, 0.1) is 5.92 Å². The topological polar surface area (TPSA) is 80.0 Å². The number of hydrogen-bond acceptors (Lipinski definition) is 5. The van der Waals surface area contributed by atoms with Crippen LogP contribution in [0.15, 0.2) is 10.9 Å². The molecule has 1 saturated heterocycles. The van der Waals surface area contributed by atoms with E-state index in [0.29, 0.717) is 17.8 Å². The molecule has 1 amide bonds. The van der Waals surface area contributed by atoms with Crippen LogP contribution < -0.4 is 10.6 Å². The maximum atomic E-state index is 12.2. The van der Waals surface area contributed by atoms with E-state index in [0.717, 1.165) is 6.42 Å². The fourth-order valence-corrected chi connectivity index (χ4v) is 3.27. The molecular formula is C13H21ClN4O2. The number of carbonyl (C=O) groups is 1. The standard InChI is InChI=1S/C13H20N4O2.ClH/c1-8(12-14-7-19-17-12)15-13(18)11-6-9-4-2-3-5-10(9)16-11;/h7-11,16H,2-6H2,1H3,(H,15,18);1H. The van der Waals surface area contributed by atoms with E-state index in [9.17, 15) is 4.79 Å². The molecular weight excluding hydrogens is 280 g/mol. The first-order valence-corrected chi connectivity index (χ1v) is 7.06. The molecule has 20 heavy (non-hydrogen) atoms. The third-order valence-electron chi connectivity index (χ3n) is 4.30. The zero-order chi connectivity index (χ0) is 13.2. The highest BCUT2D eigenvalue weighted by atomic mass is 35.5. The maximum absolute atomic E-state index is 12.2. The molecule has 0 aromatic carbocycles. The van der Waals surface area contributed by atoms with E-state index in [1.165, 1.54) is 32.1 Å². The van der Waals surface area contributed by atoms with Gasteiger partial charge in [-0.2, -0.15) is 4.98 Å². The zero-order valence-electron chi connectivity index (χ0n) is 11.5. The Labute approximate surface area is 124 Å². The van der Waals surface area contributed by atoms with Crippen LogP contribution in [0.2, 0.25) is 0 Å². The monoisotopic (exact) mass is 300 g/mol. The second-order valence-corrected chi connectivity index (χ2v) is 5.63. The Kier molecular flexibility index (Phi) is 4.99. The third-order valence-corrected chi connectivity index (χ3v) is 4.30. The fourth-order valence-electron chi connectivity index (χ4n) is 3.27. The van der Waals surface area contributed by atoms with E-state index in [1.54, 1.807) is 0 Å². The molecule has 2 heterocycles. The lowest BCUT2D eigenvalue weighted by molar-refractivity contribution is -0.123. The van der Waals surface area contributed by atoms with E-state index >= 15 is 0 Å². The highest BCUT2D eigenvalue weighted by Crippen LogP contribution is 2.33. The number of rotatable bonds is 3. The van der Waals surface area contributed by atoms with Gasteiger partial charge in [0.1, 0.15) is 0 Å². The summed E-state index contributed by atoms with van der Waals surface area (Å²) < 4.78 is 4.69. The molecule has 4 atom stereocenters. The molecule has 2 aliphatic rings. The Hall–Kier alpha value is -1.14. The minimum Gasteiger partial charge on any atom is -0.345 e. The Morgan fingerprint density at radius 3 is 3.00 bits per heavy atom. The largest absolute Gasteiger partial charge is 0.345 e. The number of carbonyl (C=O) groups excluding carboxylic acids is 1. The van der Waals surface area contributed by atoms with Gasteiger partial charge in [-0.25, -0.2) is 0 Å². The second kappa shape index (κ2) is 6.54. The summed E-state index contributed by atoms with van der Waals surface area (Å²) in [6.07, 6.45) is 7.27. The van der Waals surface area contributed by atoms with Crippen molar-refractivity contribution < 1.29 is 9.32 Å². The van der Waals surface area contributed by atoms with Gasteiger partial charge in [0.05, 0.1) is 12.1 Å². The van der Waals surface area contributed by atoms with Gasteiger partial charge >= 0.3 is 0 Å². The van der Waals surface area contributed by atoms with Gasteiger partial charge in [0, 0.05) is 6.04 Å². The van der Waals surface area contributed by atoms with Crippen LogP contribution >= 0.6 is 12.4 Å². The number of halogens is 1. The fraction of sp³-hybridized carbons (Fsp3) is 0.769. The van der Waals surface area contributed by atoms with E-state index in [-0.39, 0.29) is 30.4 Å². The van der Waals surface area contributed by atoms with Crippen LogP contribution in [-0.4, -0.2) is 28.1 Å². The first-order chi connectivity index (χ1) is 9.24. The first kappa shape index (κ1) is 15.3. The summed E-state index contributed by atoms with van der Waals surface area (Å²) in [5.74, 6) is 1.24. The number of aromatic nitrogens is 2. The predicted octanol–water partition coefficient (Wildman–Crippen LogP) is 1.59. The lowest BCUT2D eigenvalue weighted by Gasteiger charge is -2.24. The molecule has 2 N–H and O–H groups in total. The van der Waals surface area contributed by atoms with E-state index in [4.69, 9.17) is 4.52 Å². The lowest BCUT2D eigenvalue weighted by Crippen LogP contribution is -2.44. The van der Waals surface area contributed by atoms with Gasteiger partial charge in [-0.15, -0.1) is 12.4 Å². The number of nitrogens with zero attached hydrogens (tertiary/aromatic N) is 2. The van der Waals surface area contributed by atoms with E-state index < -0.39 is 0 Å². The van der Waals surface area contributed by atoms with Gasteiger partial charge in [0.25, 0.3) is 0 Å². The average molecular weight is 301 g/mol. The maximum Gasteiger partial charge on any atom is 0.237 e. The van der Waals surface area contributed by atoms with Crippen LogP contribution in [-0.2, 0) is 4.79 Å². The van der Waals surface area contributed by atoms with Crippen molar-refractivity contribution in [1.29, 1.82) is 0 Å². The highest BCUT2D eigenvalue weighted by molar-refractivity contribution is 5.85. The molecule has 6 nitrogen and oxygen atoms in total. The molecule has 0 bridgehead atoms. The smallest absolute Gasteiger partial charge is 0.237 e. The molecule has 2 fully saturated rings. The normalized spacial score (nSPS) is 30.1. The van der Waals surface area contributed by atoms with Crippen molar-refractivity contribution in [2.45, 2.75) is 57.2 Å². The number of nitrogens with one attached hydrogen (secondary N) is 2. The Bertz CT molecular complexity index is 426. The third kappa shape index (κ3) is 3.12. The molecule has 1 aromatic heterocycles. The molecule has 112 valence electrons. The molecule has 3 rings (SSSR count). The first-order valence-electron chi connectivity index (χ1n) is 7.06. The number of amides is 1. The summed E-state index contributed by atoms with van der Waals surface area (Å²) in [5.41, 5.74) is 0. The summed E-state index contributed by atoms with van der Waals surface area (Å²) in [4.78, 5) is 16.2. The van der Waals surface area contributed by atoms with Crippen molar-refractivity contribution >= 4 is 18.3 Å². The van der Waals surface area contributed by atoms with Crippen molar-refractivity contribution in [1.82, 2.24) is 20.8 Å². The van der Waals surface area contributed by atoms with E-state index in [2.05, 4.69) is 20.8 Å². The van der Waals surface area contributed by atoms with Crippen molar-refractivity contribution in [3.63, 3.8) is 0 Å². The van der Waals surface area contributed by atoms with Crippen molar-refractivity contribution in [2.24, 2.45) is 5.92 Å². The molecule has 1 aromatic rings. The van der Waals surface area contributed by atoms with Crippen LogP contribution in [0.1, 0.15) is 50.9 Å². The van der Waals surface area contributed by atoms with Gasteiger partial charge in [0.2, 0.25) is 12.3 Å². The molecule has 1 aliphatic carbocycles. The summed E-state index contributed by atoms with van der Waals surface area (Å²) in [7, 11) is 0. The minimum absolute atomic E-state index is 0. The van der Waals surface area contributed by atoms with Crippen molar-refractivity contribution in [3.8, 4) is 0 Å². The highest BCUT2D eigenvalue weighted by Gasteiger charge is 2.38. The van der Waals surface area contributed by atoms with Gasteiger partial charge in [-0.1, -0.05) is 18.0 Å². The molecule has 0 spiro atoms. The van der Waals surface area contributed by atoms with Gasteiger partial charge < -0.3 is 15.2 Å². The Morgan fingerprint density at radius 2 is 2.30 bits per heavy atom. The predicted molar refractivity (Wildman–Crippen MR) is 75.4 cm³/mol. The summed E-state index contributed by atoms with van der Waals surface area (Å²) in [5, 5.41) is 10.2. The van der Waals surface area contributed by atoms with Crippen LogP contribution in [0.3, 0.4) is 0 Å². The van der Waals surface area contributed by atoms with Gasteiger partial charge in [-0.3, -0.25) is 4.79 Å². The van der Waals surface area contributed by atoms with Crippen molar-refractivity contribution in [3.05, 3.63) is 12.2 Å². The molecule has 0 radical (unpaired) electrons. The lowest BCUT2D eigenvalue weighted by atomic mass is 9.85. The quantitative estimate of drug-likeness (QED) is 0.886. The van der Waals surface area contributed by atoms with Crippen molar-refractivity contribution in [2.75, 3.05) is 0 Å². The van der Waals surface area contributed by atoms with Crippen LogP contribution in [0.25, 0.3) is 0 Å². The van der Waals surface area contributed by atoms with Gasteiger partial charge in [0.15, 0.2) is 5.82 Å². The molecule has 7 heteroatoms. The number of hydrogen-bond donors (Lipinski definition) is 2. The second-order valence-electron chi connectivity index (χ2n) is 5.63. The summed E-state index contributed by atoms with van der Waals surface area (Å²) in [6.45, 7) is 1.87. The Morgan fingerprint density at radius 1 is 1.50 bits per heavy atom. The zero-order valence-corrected chi connectivity index (χ0v) is 12.4. The molecule has 1 aliphatic heterocycles. The van der Waals surface area contributed by atoms with Crippen LogP contribution in [0.4, 0.5) is 0 Å². The van der Waals surface area contributed by atoms with Gasteiger partial charge in [-0.05, 0) is 32.1 Å².